The molecular formula is C15H13N3O3S. The molecule has 0 saturated carbocycles. The first-order chi connectivity index (χ1) is 10.7. The lowest BCUT2D eigenvalue weighted by atomic mass is 10.2. The van der Waals surface area contributed by atoms with Crippen molar-refractivity contribution >= 4 is 35.5 Å². The van der Waals surface area contributed by atoms with E-state index >= 15 is 0 Å². The Hall–Kier alpha value is -2.54. The zero-order valence-electron chi connectivity index (χ0n) is 11.5. The summed E-state index contributed by atoms with van der Waals surface area (Å²) in [5, 5.41) is 6.17. The van der Waals surface area contributed by atoms with E-state index in [1.54, 1.807) is 6.07 Å². The number of nitrogens with zero attached hydrogens (tertiary/aromatic N) is 1. The third-order valence-electron chi connectivity index (χ3n) is 3.02. The lowest BCUT2D eigenvalue weighted by Gasteiger charge is -2.23. The van der Waals surface area contributed by atoms with Crippen LogP contribution in [0.3, 0.4) is 0 Å². The van der Waals surface area contributed by atoms with Gasteiger partial charge in [0.05, 0.1) is 29.7 Å². The average molecular weight is 315 g/mol. The Morgan fingerprint density at radius 2 is 2.27 bits per heavy atom. The minimum atomic E-state index is -0.459. The largest absolute Gasteiger partial charge is 0.472 e. The summed E-state index contributed by atoms with van der Waals surface area (Å²) < 4.78 is 4.88. The number of hydrazone groups is 1. The van der Waals surface area contributed by atoms with Crippen LogP contribution in [0.25, 0.3) is 0 Å². The van der Waals surface area contributed by atoms with Gasteiger partial charge in [-0.1, -0.05) is 12.1 Å². The summed E-state index contributed by atoms with van der Waals surface area (Å²) in [4.78, 5) is 24.8. The quantitative estimate of drug-likeness (QED) is 0.669. The molecule has 2 heterocycles. The number of anilines is 1. The molecule has 1 atom stereocenters. The van der Waals surface area contributed by atoms with Crippen molar-refractivity contribution in [3.05, 3.63) is 48.4 Å². The van der Waals surface area contributed by atoms with Crippen molar-refractivity contribution in [2.75, 3.05) is 5.32 Å². The number of fused-ring (bicyclic) bond motifs is 1. The number of hydrogen-bond donors (Lipinski definition) is 2. The number of thioether (sulfide) groups is 1. The van der Waals surface area contributed by atoms with Gasteiger partial charge in [-0.05, 0) is 18.2 Å². The van der Waals surface area contributed by atoms with Gasteiger partial charge in [0.25, 0.3) is 0 Å². The number of furan rings is 1. The molecule has 0 fully saturated rings. The summed E-state index contributed by atoms with van der Waals surface area (Å²) in [5.74, 6) is -0.482. The van der Waals surface area contributed by atoms with E-state index in [4.69, 9.17) is 4.42 Å². The topological polar surface area (TPSA) is 83.7 Å². The van der Waals surface area contributed by atoms with Crippen LogP contribution in [0.15, 0.2) is 57.3 Å². The molecule has 6 nitrogen and oxygen atoms in total. The molecule has 3 rings (SSSR count). The molecule has 2 aromatic rings. The van der Waals surface area contributed by atoms with Crippen LogP contribution < -0.4 is 10.7 Å². The van der Waals surface area contributed by atoms with Gasteiger partial charge in [-0.25, -0.2) is 5.43 Å². The second-order valence-corrected chi connectivity index (χ2v) is 5.89. The number of para-hydroxylation sites is 1. The standard InChI is InChI=1S/C15H13N3O3S/c19-14(18-16-8-10-5-6-21-9-10)7-13-15(20)17-11-3-1-2-4-12(11)22-13/h1-6,8-9,13H,7H2,(H,17,20)(H,18,19)/b16-8-/t13-/m0/s1. The molecule has 2 N–H and O–H groups in total. The number of carbonyl (C=O) groups excluding carboxylic acids is 2. The van der Waals surface area contributed by atoms with Crippen molar-refractivity contribution < 1.29 is 14.0 Å². The molecule has 0 bridgehead atoms. The molecular weight excluding hydrogens is 302 g/mol. The second-order valence-electron chi connectivity index (χ2n) is 4.65. The number of nitrogens with one attached hydrogen (secondary N) is 2. The predicted octanol–water partition coefficient (Wildman–Crippen LogP) is 2.23. The zero-order valence-corrected chi connectivity index (χ0v) is 12.3. The number of benzene rings is 1. The molecule has 2 amide bonds. The van der Waals surface area contributed by atoms with E-state index in [-0.39, 0.29) is 18.2 Å². The Kier molecular flexibility index (Phi) is 4.24. The Balaban J connectivity index is 1.57. The molecule has 0 unspecified atom stereocenters. The summed E-state index contributed by atoms with van der Waals surface area (Å²) >= 11 is 1.38. The van der Waals surface area contributed by atoms with Crippen LogP contribution in [0.1, 0.15) is 12.0 Å². The molecule has 0 saturated heterocycles. The molecule has 1 aliphatic heterocycles. The Morgan fingerprint density at radius 1 is 1.41 bits per heavy atom. The average Bonchev–Trinajstić information content (AvgIpc) is 3.01. The van der Waals surface area contributed by atoms with Crippen LogP contribution in [-0.4, -0.2) is 23.3 Å². The van der Waals surface area contributed by atoms with Gasteiger partial charge >= 0.3 is 0 Å². The molecule has 22 heavy (non-hydrogen) atoms. The zero-order chi connectivity index (χ0) is 15.4. The molecule has 1 aromatic carbocycles. The van der Waals surface area contributed by atoms with Crippen molar-refractivity contribution in [2.24, 2.45) is 5.10 Å². The highest BCUT2D eigenvalue weighted by molar-refractivity contribution is 8.01. The normalized spacial score (nSPS) is 17.1. The maximum absolute atomic E-state index is 12.0. The van der Waals surface area contributed by atoms with Crippen LogP contribution in [-0.2, 0) is 9.59 Å². The van der Waals surface area contributed by atoms with Gasteiger partial charge in [-0.2, -0.15) is 5.10 Å². The molecule has 112 valence electrons. The minimum Gasteiger partial charge on any atom is -0.472 e. The fourth-order valence-electron chi connectivity index (χ4n) is 1.97. The first-order valence-corrected chi connectivity index (χ1v) is 7.51. The fourth-order valence-corrected chi connectivity index (χ4v) is 3.08. The van der Waals surface area contributed by atoms with Crippen LogP contribution >= 0.6 is 11.8 Å². The van der Waals surface area contributed by atoms with E-state index in [1.807, 2.05) is 24.3 Å². The molecule has 1 aromatic heterocycles. The van der Waals surface area contributed by atoms with Gasteiger partial charge in [0.15, 0.2) is 0 Å². The Bertz CT molecular complexity index is 713. The summed E-state index contributed by atoms with van der Waals surface area (Å²) in [7, 11) is 0. The first kappa shape index (κ1) is 14.4. The maximum Gasteiger partial charge on any atom is 0.241 e. The van der Waals surface area contributed by atoms with Crippen molar-refractivity contribution in [2.45, 2.75) is 16.6 Å². The van der Waals surface area contributed by atoms with Crippen molar-refractivity contribution in [3.63, 3.8) is 0 Å². The minimum absolute atomic E-state index is 0.0631. The highest BCUT2D eigenvalue weighted by atomic mass is 32.2. The molecule has 0 spiro atoms. The second kappa shape index (κ2) is 6.48. The van der Waals surface area contributed by atoms with E-state index in [2.05, 4.69) is 15.8 Å². The van der Waals surface area contributed by atoms with Crippen molar-refractivity contribution in [3.8, 4) is 0 Å². The number of hydrogen-bond acceptors (Lipinski definition) is 5. The van der Waals surface area contributed by atoms with Crippen molar-refractivity contribution in [1.82, 2.24) is 5.43 Å². The van der Waals surface area contributed by atoms with Gasteiger partial charge in [0.2, 0.25) is 11.8 Å². The van der Waals surface area contributed by atoms with Gasteiger partial charge in [-0.3, -0.25) is 9.59 Å². The number of amides is 2. The Labute approximate surface area is 131 Å². The molecule has 1 aliphatic rings. The van der Waals surface area contributed by atoms with E-state index in [9.17, 15) is 9.59 Å². The summed E-state index contributed by atoms with van der Waals surface area (Å²) in [6.07, 6.45) is 4.57. The van der Waals surface area contributed by atoms with Gasteiger partial charge in [-0.15, -0.1) is 11.8 Å². The third-order valence-corrected chi connectivity index (χ3v) is 4.30. The summed E-state index contributed by atoms with van der Waals surface area (Å²) in [6.45, 7) is 0. The van der Waals surface area contributed by atoms with E-state index < -0.39 is 5.25 Å². The van der Waals surface area contributed by atoms with E-state index in [1.165, 1.54) is 30.5 Å². The smallest absolute Gasteiger partial charge is 0.241 e. The number of rotatable bonds is 4. The monoisotopic (exact) mass is 315 g/mol. The highest BCUT2D eigenvalue weighted by Crippen LogP contribution is 2.36. The molecule has 7 heteroatoms. The highest BCUT2D eigenvalue weighted by Gasteiger charge is 2.28. The third kappa shape index (κ3) is 3.37. The van der Waals surface area contributed by atoms with Gasteiger partial charge in [0.1, 0.15) is 0 Å². The van der Waals surface area contributed by atoms with Gasteiger partial charge in [0, 0.05) is 16.9 Å². The van der Waals surface area contributed by atoms with E-state index in [0.29, 0.717) is 0 Å². The maximum atomic E-state index is 12.0. The molecule has 0 aliphatic carbocycles. The first-order valence-electron chi connectivity index (χ1n) is 6.63. The predicted molar refractivity (Wildman–Crippen MR) is 83.8 cm³/mol. The molecule has 0 radical (unpaired) electrons. The number of carbonyl (C=O) groups is 2. The summed E-state index contributed by atoms with van der Waals surface area (Å²) in [5.41, 5.74) is 3.94. The van der Waals surface area contributed by atoms with Crippen LogP contribution in [0.5, 0.6) is 0 Å². The van der Waals surface area contributed by atoms with Gasteiger partial charge < -0.3 is 9.73 Å². The lowest BCUT2D eigenvalue weighted by Crippen LogP contribution is -2.33. The fraction of sp³-hybridized carbons (Fsp3) is 0.133. The SMILES string of the molecule is O=C(C[C@@H]1Sc2ccccc2NC1=O)N/N=C\c1ccoc1. The lowest BCUT2D eigenvalue weighted by molar-refractivity contribution is -0.124. The summed E-state index contributed by atoms with van der Waals surface area (Å²) in [6, 6.07) is 9.23. The van der Waals surface area contributed by atoms with E-state index in [0.717, 1.165) is 16.1 Å². The van der Waals surface area contributed by atoms with Crippen LogP contribution in [0.2, 0.25) is 0 Å². The van der Waals surface area contributed by atoms with Crippen LogP contribution in [0.4, 0.5) is 5.69 Å². The van der Waals surface area contributed by atoms with Crippen LogP contribution in [0, 0.1) is 0 Å². The van der Waals surface area contributed by atoms with Crippen molar-refractivity contribution in [1.29, 1.82) is 0 Å². The Morgan fingerprint density at radius 3 is 3.09 bits per heavy atom.